The summed E-state index contributed by atoms with van der Waals surface area (Å²) in [5.74, 6) is 0.884. The molecule has 2 nitrogen and oxygen atoms in total. The summed E-state index contributed by atoms with van der Waals surface area (Å²) in [7, 11) is 4.55. The standard InChI is InChI=1S/C17H34N2/c1-14-8-6-11-17(12-14,19(4)5)13-18-15-9-7-10-16(15,2)3/h14-15,18H,6-13H2,1-5H3. The van der Waals surface area contributed by atoms with Crippen LogP contribution in [0.3, 0.4) is 0 Å². The lowest BCUT2D eigenvalue weighted by Gasteiger charge is -2.46. The maximum atomic E-state index is 3.94. The molecular weight excluding hydrogens is 232 g/mol. The third-order valence-electron chi connectivity index (χ3n) is 5.95. The zero-order valence-corrected chi connectivity index (χ0v) is 13.8. The summed E-state index contributed by atoms with van der Waals surface area (Å²) in [6.45, 7) is 8.47. The van der Waals surface area contributed by atoms with Gasteiger partial charge >= 0.3 is 0 Å². The second-order valence-corrected chi connectivity index (χ2v) is 8.13. The molecule has 2 saturated carbocycles. The molecule has 3 atom stereocenters. The van der Waals surface area contributed by atoms with E-state index in [1.54, 1.807) is 0 Å². The highest BCUT2D eigenvalue weighted by Gasteiger charge is 2.40. The number of hydrogen-bond donors (Lipinski definition) is 1. The topological polar surface area (TPSA) is 15.3 Å². The molecule has 2 aliphatic carbocycles. The van der Waals surface area contributed by atoms with Crippen LogP contribution in [0.15, 0.2) is 0 Å². The zero-order chi connectivity index (χ0) is 14.1. The van der Waals surface area contributed by atoms with Crippen LogP contribution in [0.5, 0.6) is 0 Å². The predicted molar refractivity (Wildman–Crippen MR) is 83.5 cm³/mol. The van der Waals surface area contributed by atoms with E-state index in [0.29, 0.717) is 11.0 Å². The van der Waals surface area contributed by atoms with Gasteiger partial charge in [0.25, 0.3) is 0 Å². The number of rotatable bonds is 4. The Kier molecular flexibility index (Phi) is 4.62. The van der Waals surface area contributed by atoms with Gasteiger partial charge in [-0.15, -0.1) is 0 Å². The number of likely N-dealkylation sites (N-methyl/N-ethyl adjacent to an activating group) is 1. The largest absolute Gasteiger partial charge is 0.312 e. The van der Waals surface area contributed by atoms with Crippen molar-refractivity contribution in [1.82, 2.24) is 10.2 Å². The Bertz CT molecular complexity index is 298. The second kappa shape index (κ2) is 5.73. The van der Waals surface area contributed by atoms with Crippen molar-refractivity contribution in [3.63, 3.8) is 0 Å². The van der Waals surface area contributed by atoms with Crippen LogP contribution in [-0.2, 0) is 0 Å². The molecule has 0 heterocycles. The number of hydrogen-bond acceptors (Lipinski definition) is 2. The highest BCUT2D eigenvalue weighted by molar-refractivity contribution is 4.98. The minimum absolute atomic E-state index is 0.399. The van der Waals surface area contributed by atoms with E-state index in [-0.39, 0.29) is 0 Å². The average Bonchev–Trinajstić information content (AvgIpc) is 2.65. The Labute approximate surface area is 120 Å². The van der Waals surface area contributed by atoms with Gasteiger partial charge in [0.2, 0.25) is 0 Å². The van der Waals surface area contributed by atoms with E-state index in [2.05, 4.69) is 45.1 Å². The summed E-state index contributed by atoms with van der Waals surface area (Å²) in [6.07, 6.45) is 9.70. The first-order chi connectivity index (χ1) is 8.86. The van der Waals surface area contributed by atoms with Gasteiger partial charge in [0, 0.05) is 18.1 Å². The number of nitrogens with one attached hydrogen (secondary N) is 1. The van der Waals surface area contributed by atoms with Crippen LogP contribution < -0.4 is 5.32 Å². The van der Waals surface area contributed by atoms with E-state index < -0.39 is 0 Å². The fourth-order valence-electron chi connectivity index (χ4n) is 4.38. The maximum Gasteiger partial charge on any atom is 0.0330 e. The molecule has 0 aromatic rings. The molecule has 2 heteroatoms. The van der Waals surface area contributed by atoms with Gasteiger partial charge < -0.3 is 10.2 Å². The lowest BCUT2D eigenvalue weighted by atomic mass is 9.75. The van der Waals surface area contributed by atoms with Crippen molar-refractivity contribution in [3.8, 4) is 0 Å². The maximum absolute atomic E-state index is 3.94. The summed E-state index contributed by atoms with van der Waals surface area (Å²) in [5.41, 5.74) is 0.893. The summed E-state index contributed by atoms with van der Waals surface area (Å²) in [6, 6.07) is 0.724. The first-order valence-electron chi connectivity index (χ1n) is 8.27. The minimum atomic E-state index is 0.399. The van der Waals surface area contributed by atoms with Crippen molar-refractivity contribution in [2.45, 2.75) is 77.3 Å². The Balaban J connectivity index is 1.97. The summed E-state index contributed by atoms with van der Waals surface area (Å²) in [4.78, 5) is 2.50. The van der Waals surface area contributed by atoms with E-state index in [1.165, 1.54) is 51.5 Å². The van der Waals surface area contributed by atoms with E-state index in [0.717, 1.165) is 12.0 Å². The highest BCUT2D eigenvalue weighted by atomic mass is 15.2. The monoisotopic (exact) mass is 266 g/mol. The summed E-state index contributed by atoms with van der Waals surface area (Å²) >= 11 is 0. The van der Waals surface area contributed by atoms with Gasteiger partial charge in [-0.25, -0.2) is 0 Å². The lowest BCUT2D eigenvalue weighted by molar-refractivity contribution is 0.0678. The molecule has 2 aliphatic rings. The number of nitrogens with zero attached hydrogens (tertiary/aromatic N) is 1. The fraction of sp³-hybridized carbons (Fsp3) is 1.00. The molecule has 0 aromatic carbocycles. The molecule has 0 amide bonds. The van der Waals surface area contributed by atoms with Crippen molar-refractivity contribution in [1.29, 1.82) is 0 Å². The molecule has 2 fully saturated rings. The average molecular weight is 266 g/mol. The van der Waals surface area contributed by atoms with Gasteiger partial charge in [-0.2, -0.15) is 0 Å². The van der Waals surface area contributed by atoms with Crippen LogP contribution in [-0.4, -0.2) is 37.1 Å². The third kappa shape index (κ3) is 3.33. The molecule has 112 valence electrons. The molecular formula is C17H34N2. The highest BCUT2D eigenvalue weighted by Crippen LogP contribution is 2.39. The van der Waals surface area contributed by atoms with E-state index in [4.69, 9.17) is 0 Å². The Hall–Kier alpha value is -0.0800. The van der Waals surface area contributed by atoms with Crippen molar-refractivity contribution in [2.75, 3.05) is 20.6 Å². The minimum Gasteiger partial charge on any atom is -0.312 e. The molecule has 0 aromatic heterocycles. The molecule has 0 saturated heterocycles. The quantitative estimate of drug-likeness (QED) is 0.835. The van der Waals surface area contributed by atoms with Crippen molar-refractivity contribution in [2.24, 2.45) is 11.3 Å². The molecule has 0 radical (unpaired) electrons. The SMILES string of the molecule is CC1CCCC(CNC2CCCC2(C)C)(N(C)C)C1. The van der Waals surface area contributed by atoms with Gasteiger partial charge in [0.15, 0.2) is 0 Å². The van der Waals surface area contributed by atoms with Gasteiger partial charge in [-0.05, 0) is 51.1 Å². The molecule has 0 spiro atoms. The smallest absolute Gasteiger partial charge is 0.0330 e. The van der Waals surface area contributed by atoms with Gasteiger partial charge in [-0.1, -0.05) is 40.0 Å². The molecule has 2 rings (SSSR count). The van der Waals surface area contributed by atoms with Gasteiger partial charge in [0.1, 0.15) is 0 Å². The predicted octanol–water partition coefficient (Wildman–Crippen LogP) is 3.67. The van der Waals surface area contributed by atoms with E-state index >= 15 is 0 Å². The van der Waals surface area contributed by atoms with Crippen LogP contribution >= 0.6 is 0 Å². The van der Waals surface area contributed by atoms with Crippen LogP contribution in [0.25, 0.3) is 0 Å². The first kappa shape index (κ1) is 15.3. The Morgan fingerprint density at radius 2 is 1.79 bits per heavy atom. The Morgan fingerprint density at radius 1 is 1.11 bits per heavy atom. The molecule has 0 bridgehead atoms. The Morgan fingerprint density at radius 3 is 2.32 bits per heavy atom. The van der Waals surface area contributed by atoms with Crippen LogP contribution in [0.2, 0.25) is 0 Å². The first-order valence-corrected chi connectivity index (χ1v) is 8.27. The van der Waals surface area contributed by atoms with Crippen molar-refractivity contribution in [3.05, 3.63) is 0 Å². The zero-order valence-electron chi connectivity index (χ0n) is 13.8. The third-order valence-corrected chi connectivity index (χ3v) is 5.95. The second-order valence-electron chi connectivity index (χ2n) is 8.13. The normalized spacial score (nSPS) is 38.8. The van der Waals surface area contributed by atoms with Gasteiger partial charge in [0.05, 0.1) is 0 Å². The molecule has 1 N–H and O–H groups in total. The van der Waals surface area contributed by atoms with Crippen LogP contribution in [0, 0.1) is 11.3 Å². The molecule has 19 heavy (non-hydrogen) atoms. The van der Waals surface area contributed by atoms with E-state index in [9.17, 15) is 0 Å². The van der Waals surface area contributed by atoms with Crippen LogP contribution in [0.1, 0.15) is 65.7 Å². The fourth-order valence-corrected chi connectivity index (χ4v) is 4.38. The molecule has 3 unspecified atom stereocenters. The van der Waals surface area contributed by atoms with Crippen molar-refractivity contribution >= 4 is 0 Å². The van der Waals surface area contributed by atoms with E-state index in [1.807, 2.05) is 0 Å². The van der Waals surface area contributed by atoms with Crippen LogP contribution in [0.4, 0.5) is 0 Å². The molecule has 0 aliphatic heterocycles. The lowest BCUT2D eigenvalue weighted by Crippen LogP contribution is -2.56. The summed E-state index contributed by atoms with van der Waals surface area (Å²) < 4.78 is 0. The van der Waals surface area contributed by atoms with Gasteiger partial charge in [-0.3, -0.25) is 0 Å². The van der Waals surface area contributed by atoms with Crippen molar-refractivity contribution < 1.29 is 0 Å². The summed E-state index contributed by atoms with van der Waals surface area (Å²) in [5, 5.41) is 3.94.